The number of hydrogen-bond donors (Lipinski definition) is 1. The van der Waals surface area contributed by atoms with Crippen LogP contribution < -0.4 is 4.74 Å². The van der Waals surface area contributed by atoms with Crippen LogP contribution in [0.3, 0.4) is 0 Å². The van der Waals surface area contributed by atoms with Crippen molar-refractivity contribution in [2.45, 2.75) is 6.42 Å². The second kappa shape index (κ2) is 4.44. The lowest BCUT2D eigenvalue weighted by atomic mass is 10.3. The Labute approximate surface area is 72.1 Å². The minimum atomic E-state index is 0.181. The third kappa shape index (κ3) is 3.10. The molecule has 0 spiro atoms. The summed E-state index contributed by atoms with van der Waals surface area (Å²) in [6.07, 6.45) is 5.50. The fraction of sp³-hybridized carbons (Fsp3) is 0.200. The molecule has 0 atom stereocenters. The predicted octanol–water partition coefficient (Wildman–Crippen LogP) is 2.35. The molecule has 1 aliphatic carbocycles. The Balaban J connectivity index is 0.000000200. The largest absolute Gasteiger partial charge is 0.504 e. The summed E-state index contributed by atoms with van der Waals surface area (Å²) >= 11 is 0. The molecule has 1 aromatic rings. The number of para-hydroxylation sites is 2. The fourth-order valence-corrected chi connectivity index (χ4v) is 0.630. The second-order valence-electron chi connectivity index (χ2n) is 2.38. The molecule has 0 aliphatic heterocycles. The van der Waals surface area contributed by atoms with Gasteiger partial charge in [-0.1, -0.05) is 24.3 Å². The monoisotopic (exact) mass is 164 g/mol. The summed E-state index contributed by atoms with van der Waals surface area (Å²) < 4.78 is 4.79. The van der Waals surface area contributed by atoms with Crippen LogP contribution in [0.5, 0.6) is 11.5 Å². The van der Waals surface area contributed by atoms with Gasteiger partial charge in [-0.15, -0.1) is 0 Å². The van der Waals surface area contributed by atoms with Crippen molar-refractivity contribution >= 4 is 0 Å². The van der Waals surface area contributed by atoms with Crippen LogP contribution in [0, 0.1) is 0 Å². The Morgan fingerprint density at radius 1 is 1.25 bits per heavy atom. The zero-order valence-electron chi connectivity index (χ0n) is 7.03. The molecule has 0 amide bonds. The maximum atomic E-state index is 8.99. The molecule has 0 fully saturated rings. The zero-order valence-corrected chi connectivity index (χ0v) is 7.03. The Bertz CT molecular complexity index is 262. The zero-order chi connectivity index (χ0) is 8.81. The van der Waals surface area contributed by atoms with Crippen molar-refractivity contribution in [1.29, 1.82) is 0 Å². The van der Waals surface area contributed by atoms with Gasteiger partial charge in [-0.3, -0.25) is 0 Å². The normalized spacial score (nSPS) is 11.4. The maximum absolute atomic E-state index is 8.99. The first kappa shape index (κ1) is 8.65. The van der Waals surface area contributed by atoms with E-state index in [1.165, 1.54) is 13.5 Å². The van der Waals surface area contributed by atoms with E-state index in [1.54, 1.807) is 24.3 Å². The van der Waals surface area contributed by atoms with Crippen LogP contribution in [0.2, 0.25) is 0 Å². The third-order valence-corrected chi connectivity index (χ3v) is 1.32. The van der Waals surface area contributed by atoms with Gasteiger partial charge in [0.1, 0.15) is 0 Å². The van der Waals surface area contributed by atoms with Gasteiger partial charge in [-0.2, -0.15) is 0 Å². The van der Waals surface area contributed by atoms with Crippen LogP contribution >= 0.6 is 0 Å². The van der Waals surface area contributed by atoms with E-state index in [0.717, 1.165) is 0 Å². The average Bonchev–Trinajstić information content (AvgIpc) is 2.91. The smallest absolute Gasteiger partial charge is 0.160 e. The van der Waals surface area contributed by atoms with Crippen molar-refractivity contribution < 1.29 is 9.84 Å². The second-order valence-corrected chi connectivity index (χ2v) is 2.38. The number of rotatable bonds is 1. The molecule has 0 bridgehead atoms. The molecular formula is C10H12O2. The Morgan fingerprint density at radius 3 is 2.17 bits per heavy atom. The predicted molar refractivity (Wildman–Crippen MR) is 48.4 cm³/mol. The lowest BCUT2D eigenvalue weighted by Gasteiger charge is -1.99. The lowest BCUT2D eigenvalue weighted by Crippen LogP contribution is -1.80. The van der Waals surface area contributed by atoms with E-state index in [9.17, 15) is 0 Å². The van der Waals surface area contributed by atoms with Gasteiger partial charge in [0.15, 0.2) is 11.5 Å². The van der Waals surface area contributed by atoms with Gasteiger partial charge in [0, 0.05) is 0 Å². The van der Waals surface area contributed by atoms with E-state index >= 15 is 0 Å². The quantitative estimate of drug-likeness (QED) is 0.645. The Hall–Kier alpha value is -1.44. The SMILES string of the molecule is C1=CC1.COc1ccccc1O. The van der Waals surface area contributed by atoms with Crippen LogP contribution in [0.4, 0.5) is 0 Å². The molecule has 2 rings (SSSR count). The standard InChI is InChI=1S/C7H8O2.C3H4/c1-9-7-5-3-2-4-6(7)8;1-2-3-1/h2-5,8H,1H3;1-2H,3H2. The number of aromatic hydroxyl groups is 1. The minimum Gasteiger partial charge on any atom is -0.504 e. The van der Waals surface area contributed by atoms with Crippen molar-refractivity contribution in [3.05, 3.63) is 36.4 Å². The van der Waals surface area contributed by atoms with Crippen molar-refractivity contribution in [2.75, 3.05) is 7.11 Å². The van der Waals surface area contributed by atoms with E-state index in [2.05, 4.69) is 12.2 Å². The van der Waals surface area contributed by atoms with E-state index in [0.29, 0.717) is 5.75 Å². The van der Waals surface area contributed by atoms with Crippen molar-refractivity contribution in [1.82, 2.24) is 0 Å². The van der Waals surface area contributed by atoms with Crippen molar-refractivity contribution in [3.63, 3.8) is 0 Å². The molecular weight excluding hydrogens is 152 g/mol. The first-order chi connectivity index (χ1) is 5.84. The molecule has 1 aromatic carbocycles. The van der Waals surface area contributed by atoms with Crippen LogP contribution in [-0.4, -0.2) is 12.2 Å². The molecule has 1 N–H and O–H groups in total. The summed E-state index contributed by atoms with van der Waals surface area (Å²) in [6.45, 7) is 0. The molecule has 0 heterocycles. The third-order valence-electron chi connectivity index (χ3n) is 1.32. The topological polar surface area (TPSA) is 29.5 Å². The number of benzene rings is 1. The Kier molecular flexibility index (Phi) is 3.20. The summed E-state index contributed by atoms with van der Waals surface area (Å²) in [5.74, 6) is 0.692. The molecule has 0 saturated carbocycles. The van der Waals surface area contributed by atoms with E-state index < -0.39 is 0 Å². The summed E-state index contributed by atoms with van der Waals surface area (Å²) in [4.78, 5) is 0. The first-order valence-electron chi connectivity index (χ1n) is 3.81. The van der Waals surface area contributed by atoms with Gasteiger partial charge in [0.2, 0.25) is 0 Å². The molecule has 0 aromatic heterocycles. The molecule has 1 aliphatic rings. The van der Waals surface area contributed by atoms with Crippen molar-refractivity contribution in [2.24, 2.45) is 0 Å². The first-order valence-corrected chi connectivity index (χ1v) is 3.81. The molecule has 0 saturated heterocycles. The molecule has 2 heteroatoms. The summed E-state index contributed by atoms with van der Waals surface area (Å²) in [5, 5.41) is 8.99. The minimum absolute atomic E-state index is 0.181. The molecule has 12 heavy (non-hydrogen) atoms. The lowest BCUT2D eigenvalue weighted by molar-refractivity contribution is 0.373. The molecule has 64 valence electrons. The molecule has 2 nitrogen and oxygen atoms in total. The van der Waals surface area contributed by atoms with Gasteiger partial charge in [-0.25, -0.2) is 0 Å². The number of phenolic OH excluding ortho intramolecular Hbond substituents is 1. The number of phenols is 1. The van der Waals surface area contributed by atoms with Gasteiger partial charge >= 0.3 is 0 Å². The van der Waals surface area contributed by atoms with Gasteiger partial charge in [0.05, 0.1) is 7.11 Å². The number of methoxy groups -OCH3 is 1. The summed E-state index contributed by atoms with van der Waals surface area (Å²) in [7, 11) is 1.52. The van der Waals surface area contributed by atoms with E-state index in [-0.39, 0.29) is 5.75 Å². The van der Waals surface area contributed by atoms with Gasteiger partial charge in [-0.05, 0) is 18.6 Å². The van der Waals surface area contributed by atoms with Gasteiger partial charge < -0.3 is 9.84 Å². The van der Waals surface area contributed by atoms with E-state index in [1.807, 2.05) is 0 Å². The summed E-state index contributed by atoms with van der Waals surface area (Å²) in [6, 6.07) is 6.84. The van der Waals surface area contributed by atoms with E-state index in [4.69, 9.17) is 9.84 Å². The van der Waals surface area contributed by atoms with Crippen LogP contribution in [0.1, 0.15) is 6.42 Å². The highest BCUT2D eigenvalue weighted by molar-refractivity contribution is 5.37. The molecule has 0 unspecified atom stereocenters. The fourth-order valence-electron chi connectivity index (χ4n) is 0.630. The highest BCUT2D eigenvalue weighted by atomic mass is 16.5. The van der Waals surface area contributed by atoms with Crippen LogP contribution in [-0.2, 0) is 0 Å². The van der Waals surface area contributed by atoms with Gasteiger partial charge in [0.25, 0.3) is 0 Å². The van der Waals surface area contributed by atoms with Crippen molar-refractivity contribution in [3.8, 4) is 11.5 Å². The number of allylic oxidation sites excluding steroid dienone is 2. The average molecular weight is 164 g/mol. The van der Waals surface area contributed by atoms with Crippen LogP contribution in [0.25, 0.3) is 0 Å². The molecule has 0 radical (unpaired) electrons. The highest BCUT2D eigenvalue weighted by Gasteiger charge is 1.94. The Morgan fingerprint density at radius 2 is 1.83 bits per heavy atom. The highest BCUT2D eigenvalue weighted by Crippen LogP contribution is 2.22. The maximum Gasteiger partial charge on any atom is 0.160 e. The van der Waals surface area contributed by atoms with Crippen LogP contribution in [0.15, 0.2) is 36.4 Å². The summed E-state index contributed by atoms with van der Waals surface area (Å²) in [5.41, 5.74) is 0. The number of ether oxygens (including phenoxy) is 1. The number of hydrogen-bond acceptors (Lipinski definition) is 2.